The fraction of sp³-hybridized carbons (Fsp3) is 0.700. The minimum atomic E-state index is -3.51. The predicted molar refractivity (Wildman–Crippen MR) is 117 cm³/mol. The maximum Gasteiger partial charge on any atom is 0.214 e. The number of hydrogen-bond donors (Lipinski definition) is 3. The van der Waals surface area contributed by atoms with Gasteiger partial charge in [-0.3, -0.25) is 4.90 Å². The summed E-state index contributed by atoms with van der Waals surface area (Å²) in [6.45, 7) is 2.27. The maximum absolute atomic E-state index is 13.1. The molecule has 0 bridgehead atoms. The molecule has 0 spiro atoms. The lowest BCUT2D eigenvalue weighted by molar-refractivity contribution is 0.0218. The van der Waals surface area contributed by atoms with E-state index in [0.29, 0.717) is 13.0 Å². The van der Waals surface area contributed by atoms with Crippen LogP contribution < -0.4 is 4.72 Å². The van der Waals surface area contributed by atoms with Crippen molar-refractivity contribution in [2.75, 3.05) is 38.2 Å². The fourth-order valence-corrected chi connectivity index (χ4v) is 7.74. The molecule has 0 aromatic heterocycles. The summed E-state index contributed by atoms with van der Waals surface area (Å²) in [5, 5.41) is 19.9. The molecule has 1 aromatic carbocycles. The number of aromatic hydroxyl groups is 2. The van der Waals surface area contributed by atoms with Gasteiger partial charge in [0.25, 0.3) is 0 Å². The lowest BCUT2D eigenvalue weighted by Gasteiger charge is -2.51. The molecule has 31 heavy (non-hydrogen) atoms. The van der Waals surface area contributed by atoms with Gasteiger partial charge in [-0.1, -0.05) is 0 Å². The molecule has 0 saturated carbocycles. The quantitative estimate of drug-likeness (QED) is 0.411. The second-order valence-corrected chi connectivity index (χ2v) is 12.8. The van der Waals surface area contributed by atoms with Crippen molar-refractivity contribution >= 4 is 20.0 Å². The molecule has 2 fully saturated rings. The van der Waals surface area contributed by atoms with Crippen LogP contribution in [0.2, 0.25) is 0 Å². The summed E-state index contributed by atoms with van der Waals surface area (Å²) in [7, 11) is -6.85. The number of piperidine rings is 2. The maximum atomic E-state index is 13.1. The number of nitrogens with one attached hydrogen (secondary N) is 1. The number of phenols is 2. The largest absolute Gasteiger partial charge is 0.504 e. The van der Waals surface area contributed by atoms with Gasteiger partial charge in [0.1, 0.15) is 0 Å². The second kappa shape index (κ2) is 8.51. The lowest BCUT2D eigenvalue weighted by Crippen LogP contribution is -2.57. The van der Waals surface area contributed by atoms with E-state index in [1.807, 2.05) is 0 Å². The number of benzene rings is 1. The molecule has 2 saturated heterocycles. The van der Waals surface area contributed by atoms with Crippen LogP contribution in [0.4, 0.5) is 0 Å². The van der Waals surface area contributed by atoms with Gasteiger partial charge in [-0.15, -0.1) is 0 Å². The van der Waals surface area contributed by atoms with E-state index < -0.39 is 20.0 Å². The van der Waals surface area contributed by atoms with Gasteiger partial charge in [0.15, 0.2) is 11.5 Å². The third-order valence-corrected chi connectivity index (χ3v) is 9.51. The van der Waals surface area contributed by atoms with Crippen LogP contribution in [-0.4, -0.2) is 80.5 Å². The smallest absolute Gasteiger partial charge is 0.214 e. The second-order valence-electron chi connectivity index (χ2n) is 8.95. The summed E-state index contributed by atoms with van der Waals surface area (Å²) in [4.78, 5) is 2.38. The van der Waals surface area contributed by atoms with Gasteiger partial charge in [0.2, 0.25) is 20.0 Å². The highest BCUT2D eigenvalue weighted by atomic mass is 32.2. The Balaban J connectivity index is 1.52. The van der Waals surface area contributed by atoms with E-state index in [1.165, 1.54) is 0 Å². The van der Waals surface area contributed by atoms with Crippen LogP contribution in [0.3, 0.4) is 0 Å². The zero-order valence-electron chi connectivity index (χ0n) is 17.7. The summed E-state index contributed by atoms with van der Waals surface area (Å²) >= 11 is 0. The fourth-order valence-electron chi connectivity index (χ4n) is 5.40. The van der Waals surface area contributed by atoms with Gasteiger partial charge in [0.05, 0.1) is 12.0 Å². The van der Waals surface area contributed by atoms with E-state index in [9.17, 15) is 27.0 Å². The van der Waals surface area contributed by atoms with Crippen molar-refractivity contribution < 1.29 is 27.0 Å². The number of phenolic OH excluding ortho intramolecular Hbond substituents is 2. The molecule has 174 valence electrons. The average Bonchev–Trinajstić information content (AvgIpc) is 2.70. The van der Waals surface area contributed by atoms with E-state index in [-0.39, 0.29) is 48.2 Å². The Morgan fingerprint density at radius 3 is 2.61 bits per heavy atom. The van der Waals surface area contributed by atoms with Crippen LogP contribution in [-0.2, 0) is 26.5 Å². The van der Waals surface area contributed by atoms with Crippen molar-refractivity contribution in [3.8, 4) is 11.5 Å². The average molecular weight is 474 g/mol. The van der Waals surface area contributed by atoms with E-state index in [2.05, 4.69) is 9.62 Å². The van der Waals surface area contributed by atoms with Crippen LogP contribution >= 0.6 is 0 Å². The van der Waals surface area contributed by atoms with E-state index in [4.69, 9.17) is 0 Å². The van der Waals surface area contributed by atoms with E-state index in [1.54, 1.807) is 16.4 Å². The van der Waals surface area contributed by atoms with Crippen molar-refractivity contribution in [1.82, 2.24) is 13.9 Å². The van der Waals surface area contributed by atoms with Crippen LogP contribution in [0.5, 0.6) is 11.5 Å². The van der Waals surface area contributed by atoms with Gasteiger partial charge < -0.3 is 10.2 Å². The van der Waals surface area contributed by atoms with Gasteiger partial charge in [0, 0.05) is 38.3 Å². The number of fused-ring (bicyclic) bond motifs is 4. The van der Waals surface area contributed by atoms with E-state index >= 15 is 0 Å². The summed E-state index contributed by atoms with van der Waals surface area (Å²) in [5.74, 6) is -0.0842. The van der Waals surface area contributed by atoms with Crippen molar-refractivity contribution in [3.63, 3.8) is 0 Å². The first-order valence-electron chi connectivity index (χ1n) is 10.8. The Kier molecular flexibility index (Phi) is 6.25. The molecule has 3 atom stereocenters. The summed E-state index contributed by atoms with van der Waals surface area (Å²) in [6, 6.07) is 3.16. The lowest BCUT2D eigenvalue weighted by atomic mass is 9.77. The number of rotatable bonds is 6. The molecule has 0 radical (unpaired) electrons. The molecule has 4 rings (SSSR count). The Bertz CT molecular complexity index is 1040. The number of nitrogens with zero attached hydrogens (tertiary/aromatic N) is 2. The van der Waals surface area contributed by atoms with Crippen LogP contribution in [0.25, 0.3) is 0 Å². The van der Waals surface area contributed by atoms with Crippen molar-refractivity contribution in [1.29, 1.82) is 0 Å². The third-order valence-electron chi connectivity index (χ3n) is 6.81. The standard InChI is InChI=1S/C20H31N3O6S2/c1-30(26,27)21-6-3-9-31(28,29)23-7-2-4-15-13-22-8-5-14-10-19(24)20(25)11-16(14)18(22)12-17(15)23/h10-11,15,17-18,21,24-25H,2-9,12-13H2,1H3/t15-,17+,18+/m1/s1. The molecule has 3 aliphatic heterocycles. The van der Waals surface area contributed by atoms with Gasteiger partial charge >= 0.3 is 0 Å². The van der Waals surface area contributed by atoms with Crippen LogP contribution in [0.1, 0.15) is 42.9 Å². The minimum absolute atomic E-state index is 0.0131. The van der Waals surface area contributed by atoms with Crippen LogP contribution in [0.15, 0.2) is 12.1 Å². The molecule has 3 aliphatic rings. The molecular formula is C20H31N3O6S2. The molecular weight excluding hydrogens is 442 g/mol. The molecule has 0 aliphatic carbocycles. The van der Waals surface area contributed by atoms with E-state index in [0.717, 1.165) is 49.7 Å². The molecule has 3 heterocycles. The first-order chi connectivity index (χ1) is 14.5. The highest BCUT2D eigenvalue weighted by Gasteiger charge is 2.45. The number of hydrogen-bond acceptors (Lipinski definition) is 7. The van der Waals surface area contributed by atoms with Crippen molar-refractivity contribution in [2.24, 2.45) is 5.92 Å². The topological polar surface area (TPSA) is 127 Å². The summed E-state index contributed by atoms with van der Waals surface area (Å²) in [5.41, 5.74) is 1.98. The molecule has 3 N–H and O–H groups in total. The predicted octanol–water partition coefficient (Wildman–Crippen LogP) is 0.750. The van der Waals surface area contributed by atoms with Gasteiger partial charge in [-0.25, -0.2) is 21.6 Å². The first-order valence-corrected chi connectivity index (χ1v) is 14.3. The third kappa shape index (κ3) is 4.85. The molecule has 0 amide bonds. The van der Waals surface area contributed by atoms with Crippen molar-refractivity contribution in [3.05, 3.63) is 23.3 Å². The molecule has 1 aromatic rings. The normalized spacial score (nSPS) is 27.3. The first kappa shape index (κ1) is 22.8. The molecule has 9 nitrogen and oxygen atoms in total. The Morgan fingerprint density at radius 2 is 1.87 bits per heavy atom. The Labute approximate surface area is 184 Å². The number of sulfonamides is 2. The van der Waals surface area contributed by atoms with Gasteiger partial charge in [-0.05, 0) is 61.3 Å². The summed E-state index contributed by atoms with van der Waals surface area (Å²) in [6.07, 6.45) is 4.56. The Morgan fingerprint density at radius 1 is 1.13 bits per heavy atom. The monoisotopic (exact) mass is 473 g/mol. The molecule has 0 unspecified atom stereocenters. The highest BCUT2D eigenvalue weighted by Crippen LogP contribution is 2.45. The minimum Gasteiger partial charge on any atom is -0.504 e. The molecule has 11 heteroatoms. The van der Waals surface area contributed by atoms with Crippen LogP contribution in [0, 0.1) is 5.92 Å². The highest BCUT2D eigenvalue weighted by molar-refractivity contribution is 7.89. The summed E-state index contributed by atoms with van der Waals surface area (Å²) < 4.78 is 52.7. The van der Waals surface area contributed by atoms with Gasteiger partial charge in [-0.2, -0.15) is 4.31 Å². The SMILES string of the molecule is CS(=O)(=O)NCCCS(=O)(=O)N1CCC[C@@H]2CN3CCc4cc(O)c(O)cc4[C@@H]3C[C@@H]21. The zero-order chi connectivity index (χ0) is 22.4. The van der Waals surface area contributed by atoms with Crippen molar-refractivity contribution in [2.45, 2.75) is 44.2 Å². The zero-order valence-corrected chi connectivity index (χ0v) is 19.3. The Hall–Kier alpha value is -1.40.